The van der Waals surface area contributed by atoms with Crippen molar-refractivity contribution < 1.29 is 14.0 Å². The molecule has 1 aromatic heterocycles. The number of carbonyl (C=O) groups excluding carboxylic acids is 2. The van der Waals surface area contributed by atoms with Gasteiger partial charge in [0.2, 0.25) is 5.91 Å². The largest absolute Gasteiger partial charge is 0.354 e. The topological polar surface area (TPSA) is 76.0 Å². The van der Waals surface area contributed by atoms with Crippen LogP contribution in [0.25, 0.3) is 11.0 Å². The summed E-state index contributed by atoms with van der Waals surface area (Å²) in [4.78, 5) is 28.1. The first-order chi connectivity index (χ1) is 12.6. The Hall–Kier alpha value is -3.22. The molecule has 0 aliphatic rings. The second kappa shape index (κ2) is 8.24. The molecule has 3 rings (SSSR count). The molecule has 0 aliphatic carbocycles. The number of hydrogen-bond acceptors (Lipinski definition) is 3. The van der Waals surface area contributed by atoms with Gasteiger partial charge in [0.25, 0.3) is 5.91 Å². The zero-order valence-electron chi connectivity index (χ0n) is 14.1. The average Bonchev–Trinajstić information content (AvgIpc) is 3.07. The van der Waals surface area contributed by atoms with Gasteiger partial charge in [-0.15, -0.1) is 0 Å². The molecular weight excluding hydrogens is 335 g/mol. The molecule has 0 unspecified atom stereocenters. The van der Waals surface area contributed by atoms with Gasteiger partial charge in [-0.2, -0.15) is 0 Å². The number of aryl methyl sites for hydroxylation is 1. The van der Waals surface area contributed by atoms with E-state index in [4.69, 9.17) is 0 Å². The highest BCUT2D eigenvalue weighted by Crippen LogP contribution is 2.11. The third-order valence-corrected chi connectivity index (χ3v) is 3.95. The van der Waals surface area contributed by atoms with Crippen molar-refractivity contribution >= 4 is 22.8 Å². The lowest BCUT2D eigenvalue weighted by Crippen LogP contribution is -2.34. The summed E-state index contributed by atoms with van der Waals surface area (Å²) in [7, 11) is 0. The number of aromatic nitrogens is 2. The molecule has 0 radical (unpaired) electrons. The van der Waals surface area contributed by atoms with Crippen LogP contribution in [0.5, 0.6) is 0 Å². The van der Waals surface area contributed by atoms with Gasteiger partial charge in [0.1, 0.15) is 5.82 Å². The maximum absolute atomic E-state index is 12.8. The molecule has 1 heterocycles. The molecule has 134 valence electrons. The van der Waals surface area contributed by atoms with Crippen LogP contribution in [0.1, 0.15) is 16.8 Å². The van der Waals surface area contributed by atoms with Crippen molar-refractivity contribution in [3.05, 3.63) is 66.2 Å². The summed E-state index contributed by atoms with van der Waals surface area (Å²) < 4.78 is 14.8. The predicted molar refractivity (Wildman–Crippen MR) is 96.1 cm³/mol. The van der Waals surface area contributed by atoms with Crippen LogP contribution in [0.4, 0.5) is 4.39 Å². The van der Waals surface area contributed by atoms with E-state index < -0.39 is 0 Å². The maximum atomic E-state index is 12.8. The highest BCUT2D eigenvalue weighted by molar-refractivity contribution is 5.94. The van der Waals surface area contributed by atoms with E-state index in [1.54, 1.807) is 6.33 Å². The van der Waals surface area contributed by atoms with Crippen LogP contribution < -0.4 is 10.6 Å². The molecule has 3 aromatic rings. The molecule has 2 N–H and O–H groups in total. The molecule has 0 spiro atoms. The number of nitrogens with one attached hydrogen (secondary N) is 2. The number of fused-ring (bicyclic) bond motifs is 1. The fourth-order valence-electron chi connectivity index (χ4n) is 2.58. The fourth-order valence-corrected chi connectivity index (χ4v) is 2.58. The Labute approximate surface area is 150 Å². The van der Waals surface area contributed by atoms with E-state index in [1.807, 2.05) is 28.8 Å². The number of carbonyl (C=O) groups is 2. The zero-order valence-corrected chi connectivity index (χ0v) is 14.1. The molecule has 0 saturated heterocycles. The maximum Gasteiger partial charge on any atom is 0.251 e. The van der Waals surface area contributed by atoms with Gasteiger partial charge in [0.15, 0.2) is 0 Å². The average molecular weight is 354 g/mol. The Balaban J connectivity index is 1.38. The zero-order chi connectivity index (χ0) is 18.4. The number of rotatable bonds is 7. The van der Waals surface area contributed by atoms with Crippen LogP contribution in [0.3, 0.4) is 0 Å². The van der Waals surface area contributed by atoms with Crippen molar-refractivity contribution in [2.75, 3.05) is 13.1 Å². The second-order valence-electron chi connectivity index (χ2n) is 5.79. The molecule has 26 heavy (non-hydrogen) atoms. The summed E-state index contributed by atoms with van der Waals surface area (Å²) >= 11 is 0. The fraction of sp³-hybridized carbons (Fsp3) is 0.211. The second-order valence-corrected chi connectivity index (χ2v) is 5.79. The Morgan fingerprint density at radius 1 is 1.00 bits per heavy atom. The minimum absolute atomic E-state index is 0.0983. The van der Waals surface area contributed by atoms with Crippen molar-refractivity contribution in [2.24, 2.45) is 0 Å². The summed E-state index contributed by atoms with van der Waals surface area (Å²) in [5.74, 6) is -0.789. The summed E-state index contributed by atoms with van der Waals surface area (Å²) in [6.45, 7) is 1.17. The molecule has 0 bridgehead atoms. The Bertz CT molecular complexity index is 905. The van der Waals surface area contributed by atoms with Gasteiger partial charge in [0.05, 0.1) is 17.4 Å². The summed E-state index contributed by atoms with van der Waals surface area (Å²) in [5, 5.41) is 5.44. The third-order valence-electron chi connectivity index (χ3n) is 3.95. The first-order valence-corrected chi connectivity index (χ1v) is 8.34. The molecular formula is C19H19FN4O2. The number of hydrogen-bond donors (Lipinski definition) is 2. The van der Waals surface area contributed by atoms with E-state index in [9.17, 15) is 14.0 Å². The lowest BCUT2D eigenvalue weighted by atomic mass is 10.2. The molecule has 0 fully saturated rings. The van der Waals surface area contributed by atoms with Gasteiger partial charge in [0, 0.05) is 31.6 Å². The van der Waals surface area contributed by atoms with E-state index in [2.05, 4.69) is 15.6 Å². The molecule has 6 nitrogen and oxygen atoms in total. The van der Waals surface area contributed by atoms with Crippen molar-refractivity contribution in [2.45, 2.75) is 13.0 Å². The first-order valence-electron chi connectivity index (χ1n) is 8.34. The van der Waals surface area contributed by atoms with Gasteiger partial charge < -0.3 is 15.2 Å². The van der Waals surface area contributed by atoms with Crippen LogP contribution in [-0.2, 0) is 11.3 Å². The van der Waals surface area contributed by atoms with Crippen LogP contribution in [-0.4, -0.2) is 34.5 Å². The lowest BCUT2D eigenvalue weighted by molar-refractivity contribution is -0.121. The number of nitrogens with zero attached hydrogens (tertiary/aromatic N) is 2. The van der Waals surface area contributed by atoms with Crippen molar-refractivity contribution in [3.63, 3.8) is 0 Å². The molecule has 0 saturated carbocycles. The van der Waals surface area contributed by atoms with Crippen LogP contribution in [0.15, 0.2) is 54.9 Å². The highest BCUT2D eigenvalue weighted by Gasteiger charge is 2.07. The van der Waals surface area contributed by atoms with E-state index in [-0.39, 0.29) is 17.6 Å². The smallest absolute Gasteiger partial charge is 0.251 e. The molecule has 2 amide bonds. The van der Waals surface area contributed by atoms with Gasteiger partial charge in [-0.3, -0.25) is 9.59 Å². The number of halogens is 1. The Morgan fingerprint density at radius 3 is 2.54 bits per heavy atom. The Morgan fingerprint density at radius 2 is 1.73 bits per heavy atom. The number of para-hydroxylation sites is 2. The normalized spacial score (nSPS) is 10.7. The van der Waals surface area contributed by atoms with E-state index in [0.29, 0.717) is 31.6 Å². The van der Waals surface area contributed by atoms with Gasteiger partial charge in [-0.25, -0.2) is 9.37 Å². The third kappa shape index (κ3) is 4.44. The van der Waals surface area contributed by atoms with Crippen LogP contribution in [0.2, 0.25) is 0 Å². The Kier molecular flexibility index (Phi) is 5.58. The minimum Gasteiger partial charge on any atom is -0.354 e. The van der Waals surface area contributed by atoms with E-state index in [0.717, 1.165) is 11.0 Å². The van der Waals surface area contributed by atoms with Crippen LogP contribution in [0, 0.1) is 5.82 Å². The summed E-state index contributed by atoms with van der Waals surface area (Å²) in [5.41, 5.74) is 2.27. The summed E-state index contributed by atoms with van der Waals surface area (Å²) in [6, 6.07) is 13.0. The summed E-state index contributed by atoms with van der Waals surface area (Å²) in [6.07, 6.45) is 2.05. The van der Waals surface area contributed by atoms with Crippen molar-refractivity contribution in [3.8, 4) is 0 Å². The van der Waals surface area contributed by atoms with E-state index in [1.165, 1.54) is 24.3 Å². The van der Waals surface area contributed by atoms with Crippen molar-refractivity contribution in [1.82, 2.24) is 20.2 Å². The van der Waals surface area contributed by atoms with Gasteiger partial charge in [-0.05, 0) is 36.4 Å². The number of benzene rings is 2. The quantitative estimate of drug-likeness (QED) is 0.638. The monoisotopic (exact) mass is 354 g/mol. The highest BCUT2D eigenvalue weighted by atomic mass is 19.1. The van der Waals surface area contributed by atoms with Gasteiger partial charge in [-0.1, -0.05) is 12.1 Å². The van der Waals surface area contributed by atoms with Crippen LogP contribution >= 0.6 is 0 Å². The van der Waals surface area contributed by atoms with E-state index >= 15 is 0 Å². The molecule has 7 heteroatoms. The molecule has 2 aromatic carbocycles. The predicted octanol–water partition coefficient (Wildman–Crippen LogP) is 2.11. The number of imidazole rings is 1. The van der Waals surface area contributed by atoms with Gasteiger partial charge >= 0.3 is 0 Å². The number of amides is 2. The standard InChI is InChI=1S/C19H19FN4O2/c20-15-7-5-14(6-8-15)19(26)22-11-10-21-18(25)9-12-24-13-23-16-3-1-2-4-17(16)24/h1-8,13H,9-12H2,(H,21,25)(H,22,26). The SMILES string of the molecule is O=C(CCn1cnc2ccccc21)NCCNC(=O)c1ccc(F)cc1. The molecule has 0 atom stereocenters. The minimum atomic E-state index is -0.389. The first kappa shape index (κ1) is 17.6. The lowest BCUT2D eigenvalue weighted by Gasteiger charge is -2.08. The molecule has 0 aliphatic heterocycles. The van der Waals surface area contributed by atoms with Crippen molar-refractivity contribution in [1.29, 1.82) is 0 Å².